The number of rotatable bonds is 5. The predicted molar refractivity (Wildman–Crippen MR) is 70.9 cm³/mol. The van der Waals surface area contributed by atoms with E-state index in [0.717, 1.165) is 10.0 Å². The van der Waals surface area contributed by atoms with Crippen molar-refractivity contribution in [2.45, 2.75) is 6.54 Å². The van der Waals surface area contributed by atoms with Gasteiger partial charge in [-0.1, -0.05) is 33.5 Å². The lowest BCUT2D eigenvalue weighted by atomic mass is 10.2. The highest BCUT2D eigenvalue weighted by atomic mass is 79.9. The quantitative estimate of drug-likeness (QED) is 0.849. The molecule has 0 saturated carbocycles. The van der Waals surface area contributed by atoms with Crippen molar-refractivity contribution in [3.63, 3.8) is 0 Å². The van der Waals surface area contributed by atoms with E-state index in [2.05, 4.69) is 21.9 Å². The SMILES string of the molecule is C#CCN(CC(=O)O)Cc1cc(Cl)ccc1Br. The number of benzene rings is 1. The maximum Gasteiger partial charge on any atom is 0.317 e. The van der Waals surface area contributed by atoms with Crippen molar-refractivity contribution in [3.05, 3.63) is 33.3 Å². The second kappa shape index (κ2) is 6.65. The average Bonchev–Trinajstić information content (AvgIpc) is 2.23. The Morgan fingerprint density at radius 3 is 2.88 bits per heavy atom. The van der Waals surface area contributed by atoms with E-state index in [9.17, 15) is 4.79 Å². The molecule has 0 aliphatic rings. The molecule has 0 saturated heterocycles. The van der Waals surface area contributed by atoms with Gasteiger partial charge in [-0.15, -0.1) is 6.42 Å². The Bertz CT molecular complexity index is 456. The molecule has 0 radical (unpaired) electrons. The maximum absolute atomic E-state index is 10.7. The van der Waals surface area contributed by atoms with Gasteiger partial charge in [-0.3, -0.25) is 9.69 Å². The summed E-state index contributed by atoms with van der Waals surface area (Å²) in [5.74, 6) is 1.54. The number of carboxylic acid groups (broad SMARTS) is 1. The molecule has 0 unspecified atom stereocenters. The topological polar surface area (TPSA) is 40.5 Å². The van der Waals surface area contributed by atoms with E-state index in [0.29, 0.717) is 11.6 Å². The highest BCUT2D eigenvalue weighted by Crippen LogP contribution is 2.22. The first kappa shape index (κ1) is 14.0. The van der Waals surface area contributed by atoms with Crippen molar-refractivity contribution in [2.75, 3.05) is 13.1 Å². The fourth-order valence-corrected chi connectivity index (χ4v) is 1.96. The van der Waals surface area contributed by atoms with Crippen LogP contribution in [-0.4, -0.2) is 29.1 Å². The minimum absolute atomic E-state index is 0.0941. The Labute approximate surface area is 114 Å². The molecule has 0 heterocycles. The van der Waals surface area contributed by atoms with E-state index in [4.69, 9.17) is 23.1 Å². The second-order valence-electron chi connectivity index (χ2n) is 3.48. The molecular weight excluding hydrogens is 305 g/mol. The van der Waals surface area contributed by atoms with E-state index in [1.165, 1.54) is 0 Å². The van der Waals surface area contributed by atoms with E-state index in [-0.39, 0.29) is 13.1 Å². The number of carbonyl (C=O) groups is 1. The first-order valence-corrected chi connectivity index (χ1v) is 6.01. The highest BCUT2D eigenvalue weighted by molar-refractivity contribution is 9.10. The molecule has 3 nitrogen and oxygen atoms in total. The first-order chi connectivity index (χ1) is 8.02. The van der Waals surface area contributed by atoms with Gasteiger partial charge in [0, 0.05) is 16.0 Å². The summed E-state index contributed by atoms with van der Waals surface area (Å²) >= 11 is 9.28. The Balaban J connectivity index is 2.81. The number of terminal acetylenes is 1. The number of aliphatic carboxylic acids is 1. The van der Waals surface area contributed by atoms with Crippen LogP contribution >= 0.6 is 27.5 Å². The molecule has 0 aliphatic carbocycles. The number of hydrogen-bond donors (Lipinski definition) is 1. The Hall–Kier alpha value is -1.02. The van der Waals surface area contributed by atoms with Gasteiger partial charge in [0.25, 0.3) is 0 Å². The molecule has 0 spiro atoms. The molecule has 0 aromatic heterocycles. The zero-order valence-electron chi connectivity index (χ0n) is 8.99. The van der Waals surface area contributed by atoms with Crippen molar-refractivity contribution in [3.8, 4) is 12.3 Å². The summed E-state index contributed by atoms with van der Waals surface area (Å²) in [6, 6.07) is 5.38. The van der Waals surface area contributed by atoms with Crippen LogP contribution in [0.5, 0.6) is 0 Å². The van der Waals surface area contributed by atoms with Gasteiger partial charge in [0.15, 0.2) is 0 Å². The fourth-order valence-electron chi connectivity index (χ4n) is 1.39. The van der Waals surface area contributed by atoms with Crippen LogP contribution in [0.15, 0.2) is 22.7 Å². The van der Waals surface area contributed by atoms with Gasteiger partial charge >= 0.3 is 5.97 Å². The van der Waals surface area contributed by atoms with Crippen molar-refractivity contribution in [1.82, 2.24) is 4.90 Å². The van der Waals surface area contributed by atoms with Crippen molar-refractivity contribution in [2.24, 2.45) is 0 Å². The summed E-state index contributed by atoms with van der Waals surface area (Å²) in [6.45, 7) is 0.631. The number of nitrogens with zero attached hydrogens (tertiary/aromatic N) is 1. The number of carboxylic acids is 1. The summed E-state index contributed by atoms with van der Waals surface area (Å²) in [5, 5.41) is 9.37. The van der Waals surface area contributed by atoms with Gasteiger partial charge in [-0.05, 0) is 23.8 Å². The molecule has 1 aromatic carbocycles. The average molecular weight is 317 g/mol. The van der Waals surface area contributed by atoms with Crippen molar-refractivity contribution < 1.29 is 9.90 Å². The summed E-state index contributed by atoms with van der Waals surface area (Å²) < 4.78 is 0.884. The maximum atomic E-state index is 10.7. The zero-order chi connectivity index (χ0) is 12.8. The third-order valence-corrected chi connectivity index (χ3v) is 3.08. The Kier molecular flexibility index (Phi) is 5.49. The normalized spacial score (nSPS) is 10.2. The van der Waals surface area contributed by atoms with Crippen LogP contribution in [-0.2, 0) is 11.3 Å². The van der Waals surface area contributed by atoms with E-state index >= 15 is 0 Å². The van der Waals surface area contributed by atoms with Crippen LogP contribution in [0.25, 0.3) is 0 Å². The lowest BCUT2D eigenvalue weighted by Crippen LogP contribution is -2.29. The van der Waals surface area contributed by atoms with Crippen molar-refractivity contribution >= 4 is 33.5 Å². The van der Waals surface area contributed by atoms with E-state index < -0.39 is 5.97 Å². The van der Waals surface area contributed by atoms with Crippen LogP contribution in [0.4, 0.5) is 0 Å². The van der Waals surface area contributed by atoms with Gasteiger partial charge in [0.05, 0.1) is 13.1 Å². The fraction of sp³-hybridized carbons (Fsp3) is 0.250. The molecule has 0 amide bonds. The third-order valence-electron chi connectivity index (χ3n) is 2.08. The molecular formula is C12H11BrClNO2. The van der Waals surface area contributed by atoms with E-state index in [1.54, 1.807) is 17.0 Å². The molecule has 1 rings (SSSR count). The first-order valence-electron chi connectivity index (χ1n) is 4.84. The molecule has 0 atom stereocenters. The largest absolute Gasteiger partial charge is 0.480 e. The molecule has 5 heteroatoms. The van der Waals surface area contributed by atoms with E-state index in [1.807, 2.05) is 6.07 Å². The van der Waals surface area contributed by atoms with Gasteiger partial charge in [-0.2, -0.15) is 0 Å². The smallest absolute Gasteiger partial charge is 0.317 e. The lowest BCUT2D eigenvalue weighted by Gasteiger charge is -2.18. The molecule has 1 N–H and O–H groups in total. The summed E-state index contributed by atoms with van der Waals surface area (Å²) in [7, 11) is 0. The number of hydrogen-bond acceptors (Lipinski definition) is 2. The Morgan fingerprint density at radius 1 is 1.59 bits per heavy atom. The standard InChI is InChI=1S/C12H11BrClNO2/c1-2-5-15(8-12(16)17)7-9-6-10(14)3-4-11(9)13/h1,3-4,6H,5,7-8H2,(H,16,17). The van der Waals surface area contributed by atoms with Gasteiger partial charge in [0.1, 0.15) is 0 Å². The van der Waals surface area contributed by atoms with Gasteiger partial charge < -0.3 is 5.11 Å². The second-order valence-corrected chi connectivity index (χ2v) is 4.77. The van der Waals surface area contributed by atoms with Crippen LogP contribution in [0, 0.1) is 12.3 Å². The van der Waals surface area contributed by atoms with Crippen LogP contribution in [0.2, 0.25) is 5.02 Å². The molecule has 0 bridgehead atoms. The number of halogens is 2. The van der Waals surface area contributed by atoms with Crippen LogP contribution in [0.3, 0.4) is 0 Å². The minimum atomic E-state index is -0.904. The molecule has 1 aromatic rings. The van der Waals surface area contributed by atoms with Gasteiger partial charge in [0.2, 0.25) is 0 Å². The summed E-state index contributed by atoms with van der Waals surface area (Å²) in [6.07, 6.45) is 5.20. The lowest BCUT2D eigenvalue weighted by molar-refractivity contribution is -0.138. The molecule has 17 heavy (non-hydrogen) atoms. The van der Waals surface area contributed by atoms with Crippen molar-refractivity contribution in [1.29, 1.82) is 0 Å². The molecule has 90 valence electrons. The summed E-state index contributed by atoms with van der Waals surface area (Å²) in [5.41, 5.74) is 0.911. The van der Waals surface area contributed by atoms with Crippen LogP contribution in [0.1, 0.15) is 5.56 Å². The summed E-state index contributed by atoms with van der Waals surface area (Å²) in [4.78, 5) is 12.3. The highest BCUT2D eigenvalue weighted by Gasteiger charge is 2.11. The third kappa shape index (κ3) is 4.78. The predicted octanol–water partition coefficient (Wildman–Crippen LogP) is 2.62. The monoisotopic (exact) mass is 315 g/mol. The zero-order valence-corrected chi connectivity index (χ0v) is 11.3. The molecule has 0 aliphatic heterocycles. The molecule has 0 fully saturated rings. The van der Waals surface area contributed by atoms with Gasteiger partial charge in [-0.25, -0.2) is 0 Å². The minimum Gasteiger partial charge on any atom is -0.480 e. The Morgan fingerprint density at radius 2 is 2.29 bits per heavy atom. The van der Waals surface area contributed by atoms with Crippen LogP contribution < -0.4 is 0 Å².